The predicted octanol–water partition coefficient (Wildman–Crippen LogP) is 3.28. The molecule has 26 heavy (non-hydrogen) atoms. The topological polar surface area (TPSA) is 93.2 Å². The number of hydrogen-bond acceptors (Lipinski definition) is 7. The molecule has 0 aliphatic rings. The van der Waals surface area contributed by atoms with E-state index in [4.69, 9.17) is 29.1 Å². The van der Waals surface area contributed by atoms with Gasteiger partial charge in [0.05, 0.1) is 34.0 Å². The van der Waals surface area contributed by atoms with Crippen molar-refractivity contribution in [3.63, 3.8) is 0 Å². The maximum Gasteiger partial charge on any atom is 0.203 e. The first-order valence-corrected chi connectivity index (χ1v) is 7.74. The highest BCUT2D eigenvalue weighted by Gasteiger charge is 2.22. The summed E-state index contributed by atoms with van der Waals surface area (Å²) in [6.45, 7) is 0. The van der Waals surface area contributed by atoms with Gasteiger partial charge in [0.25, 0.3) is 0 Å². The number of ether oxygens (including phenoxy) is 4. The molecule has 0 aliphatic carbocycles. The van der Waals surface area contributed by atoms with Crippen LogP contribution in [0, 0.1) is 0 Å². The number of carbonyl (C=O) groups is 1. The van der Waals surface area contributed by atoms with Gasteiger partial charge >= 0.3 is 0 Å². The Morgan fingerprint density at radius 2 is 1.54 bits per heavy atom. The first-order valence-electron chi connectivity index (χ1n) is 7.74. The quantitative estimate of drug-likeness (QED) is 0.534. The summed E-state index contributed by atoms with van der Waals surface area (Å²) in [5.41, 5.74) is 7.52. The monoisotopic (exact) mass is 357 g/mol. The van der Waals surface area contributed by atoms with Gasteiger partial charge < -0.3 is 29.1 Å². The third kappa shape index (κ3) is 2.67. The van der Waals surface area contributed by atoms with E-state index in [1.54, 1.807) is 24.3 Å². The van der Waals surface area contributed by atoms with Gasteiger partial charge in [0.1, 0.15) is 17.7 Å². The summed E-state index contributed by atoms with van der Waals surface area (Å²) in [6.07, 6.45) is 1.38. The van der Waals surface area contributed by atoms with Gasteiger partial charge in [-0.15, -0.1) is 0 Å². The van der Waals surface area contributed by atoms with Crippen molar-refractivity contribution in [1.82, 2.24) is 0 Å². The molecule has 2 aromatic carbocycles. The molecule has 0 radical (unpaired) electrons. The molecule has 3 aromatic rings. The fourth-order valence-electron chi connectivity index (χ4n) is 2.82. The van der Waals surface area contributed by atoms with Crippen molar-refractivity contribution in [3.05, 3.63) is 41.7 Å². The van der Waals surface area contributed by atoms with Gasteiger partial charge in [-0.05, 0) is 24.3 Å². The average Bonchev–Trinajstić information content (AvgIpc) is 3.11. The van der Waals surface area contributed by atoms with Crippen LogP contribution in [0.2, 0.25) is 0 Å². The number of nitrogens with two attached hydrogens (primary N) is 1. The Hall–Kier alpha value is -3.35. The van der Waals surface area contributed by atoms with Gasteiger partial charge in [0.2, 0.25) is 5.75 Å². The van der Waals surface area contributed by atoms with Crippen LogP contribution < -0.4 is 24.7 Å². The van der Waals surface area contributed by atoms with E-state index in [0.717, 1.165) is 0 Å². The van der Waals surface area contributed by atoms with Gasteiger partial charge in [-0.1, -0.05) is 0 Å². The maximum absolute atomic E-state index is 13.0. The summed E-state index contributed by atoms with van der Waals surface area (Å²) in [4.78, 5) is 13.0. The lowest BCUT2D eigenvalue weighted by Crippen LogP contribution is -2.04. The maximum atomic E-state index is 13.0. The highest BCUT2D eigenvalue weighted by Crippen LogP contribution is 2.40. The van der Waals surface area contributed by atoms with Crippen molar-refractivity contribution in [2.75, 3.05) is 34.2 Å². The average molecular weight is 357 g/mol. The van der Waals surface area contributed by atoms with Gasteiger partial charge in [-0.3, -0.25) is 4.79 Å². The van der Waals surface area contributed by atoms with E-state index in [-0.39, 0.29) is 5.78 Å². The molecular formula is C19H19NO6. The second kappa shape index (κ2) is 6.87. The highest BCUT2D eigenvalue weighted by atomic mass is 16.5. The number of anilines is 1. The smallest absolute Gasteiger partial charge is 0.203 e. The van der Waals surface area contributed by atoms with Crippen molar-refractivity contribution in [2.24, 2.45) is 0 Å². The first kappa shape index (κ1) is 17.5. The van der Waals surface area contributed by atoms with E-state index >= 15 is 0 Å². The van der Waals surface area contributed by atoms with Gasteiger partial charge in [-0.25, -0.2) is 0 Å². The predicted molar refractivity (Wildman–Crippen MR) is 96.7 cm³/mol. The molecule has 7 heteroatoms. The lowest BCUT2D eigenvalue weighted by Gasteiger charge is -2.13. The number of nitrogen functional groups attached to an aromatic ring is 1. The molecule has 2 N–H and O–H groups in total. The molecule has 0 bridgehead atoms. The van der Waals surface area contributed by atoms with Crippen LogP contribution in [0.3, 0.4) is 0 Å². The van der Waals surface area contributed by atoms with Crippen LogP contribution in [0.5, 0.6) is 23.0 Å². The Morgan fingerprint density at radius 1 is 0.923 bits per heavy atom. The molecule has 0 fully saturated rings. The van der Waals surface area contributed by atoms with Crippen LogP contribution in [-0.4, -0.2) is 34.2 Å². The minimum absolute atomic E-state index is 0.257. The van der Waals surface area contributed by atoms with E-state index in [0.29, 0.717) is 50.8 Å². The Kier molecular flexibility index (Phi) is 4.62. The molecule has 0 amide bonds. The van der Waals surface area contributed by atoms with Gasteiger partial charge in [0, 0.05) is 10.9 Å². The second-order valence-corrected chi connectivity index (χ2v) is 5.45. The van der Waals surface area contributed by atoms with Crippen molar-refractivity contribution < 1.29 is 28.2 Å². The number of ketones is 1. The van der Waals surface area contributed by atoms with E-state index < -0.39 is 0 Å². The van der Waals surface area contributed by atoms with Crippen LogP contribution in [-0.2, 0) is 0 Å². The fourth-order valence-corrected chi connectivity index (χ4v) is 2.82. The van der Waals surface area contributed by atoms with Crippen molar-refractivity contribution in [2.45, 2.75) is 0 Å². The first-order chi connectivity index (χ1) is 12.5. The third-order valence-corrected chi connectivity index (χ3v) is 4.13. The summed E-state index contributed by atoms with van der Waals surface area (Å²) in [6, 6.07) is 6.61. The standard InChI is InChI=1S/C19H19NO6/c1-22-13-6-5-11-12(9-26-18(11)16(13)20)17(21)10-7-14(23-2)19(25-4)15(8-10)24-3/h5-9H,20H2,1-4H3. The molecular weight excluding hydrogens is 338 g/mol. The molecule has 0 aliphatic heterocycles. The van der Waals surface area contributed by atoms with E-state index in [1.807, 2.05) is 0 Å². The Balaban J connectivity index is 2.13. The van der Waals surface area contributed by atoms with Gasteiger partial charge in [0.15, 0.2) is 22.9 Å². The molecule has 7 nitrogen and oxygen atoms in total. The van der Waals surface area contributed by atoms with Crippen molar-refractivity contribution in [1.29, 1.82) is 0 Å². The Morgan fingerprint density at radius 3 is 2.08 bits per heavy atom. The van der Waals surface area contributed by atoms with Crippen LogP contribution in [0.15, 0.2) is 34.9 Å². The SMILES string of the molecule is COc1cc(C(=O)c2coc3c(N)c(OC)ccc23)cc(OC)c1OC. The number of rotatable bonds is 6. The number of hydrogen-bond donors (Lipinski definition) is 1. The van der Waals surface area contributed by atoms with Crippen molar-refractivity contribution in [3.8, 4) is 23.0 Å². The molecule has 0 spiro atoms. The van der Waals surface area contributed by atoms with Crippen molar-refractivity contribution >= 4 is 22.4 Å². The summed E-state index contributed by atoms with van der Waals surface area (Å²) < 4.78 is 26.6. The normalized spacial score (nSPS) is 10.6. The van der Waals surface area contributed by atoms with Crippen LogP contribution in [0.25, 0.3) is 11.0 Å². The van der Waals surface area contributed by atoms with Gasteiger partial charge in [-0.2, -0.15) is 0 Å². The minimum atomic E-state index is -0.257. The van der Waals surface area contributed by atoms with Crippen LogP contribution in [0.1, 0.15) is 15.9 Å². The summed E-state index contributed by atoms with van der Waals surface area (Å²) in [7, 11) is 6.00. The van der Waals surface area contributed by atoms with E-state index in [1.165, 1.54) is 34.7 Å². The minimum Gasteiger partial charge on any atom is -0.494 e. The second-order valence-electron chi connectivity index (χ2n) is 5.45. The molecule has 1 heterocycles. The fraction of sp³-hybridized carbons (Fsp3) is 0.211. The highest BCUT2D eigenvalue weighted by molar-refractivity contribution is 6.17. The third-order valence-electron chi connectivity index (χ3n) is 4.13. The molecule has 1 aromatic heterocycles. The molecule has 0 unspecified atom stereocenters. The molecule has 0 saturated carbocycles. The number of methoxy groups -OCH3 is 4. The zero-order chi connectivity index (χ0) is 18.8. The Bertz CT molecular complexity index is 951. The zero-order valence-corrected chi connectivity index (χ0v) is 14.9. The largest absolute Gasteiger partial charge is 0.494 e. The molecule has 3 rings (SSSR count). The number of furan rings is 1. The Labute approximate surface area is 150 Å². The molecule has 0 saturated heterocycles. The number of carbonyl (C=O) groups excluding carboxylic acids is 1. The van der Waals surface area contributed by atoms with Crippen LogP contribution in [0.4, 0.5) is 5.69 Å². The number of fused-ring (bicyclic) bond motifs is 1. The van der Waals surface area contributed by atoms with E-state index in [2.05, 4.69) is 0 Å². The zero-order valence-electron chi connectivity index (χ0n) is 14.9. The molecule has 0 atom stereocenters. The van der Waals surface area contributed by atoms with E-state index in [9.17, 15) is 4.79 Å². The summed E-state index contributed by atoms with van der Waals surface area (Å²) in [5, 5.41) is 0.599. The lowest BCUT2D eigenvalue weighted by molar-refractivity contribution is 0.103. The lowest BCUT2D eigenvalue weighted by atomic mass is 10.0. The van der Waals surface area contributed by atoms with Crippen LogP contribution >= 0.6 is 0 Å². The summed E-state index contributed by atoms with van der Waals surface area (Å²) in [5.74, 6) is 1.43. The number of benzene rings is 2. The molecule has 136 valence electrons. The summed E-state index contributed by atoms with van der Waals surface area (Å²) >= 11 is 0.